The molecule has 21 heavy (non-hydrogen) atoms. The summed E-state index contributed by atoms with van der Waals surface area (Å²) in [6.45, 7) is 0. The van der Waals surface area contributed by atoms with Crippen molar-refractivity contribution in [3.63, 3.8) is 0 Å². The minimum Gasteiger partial charge on any atom is -0.502 e. The molecule has 1 heterocycles. The smallest absolute Gasteiger partial charge is 0.371 e. The number of H-pyrrole nitrogens is 1. The quantitative estimate of drug-likeness (QED) is 0.290. The number of allylic oxidation sites excluding steroid dienone is 1. The lowest BCUT2D eigenvalue weighted by Gasteiger charge is -2.03. The lowest BCUT2D eigenvalue weighted by Crippen LogP contribution is -2.05. The Bertz CT molecular complexity index is 699. The van der Waals surface area contributed by atoms with Gasteiger partial charge in [0.2, 0.25) is 5.76 Å². The van der Waals surface area contributed by atoms with Crippen molar-refractivity contribution >= 4 is 17.4 Å². The average Bonchev–Trinajstić information content (AvgIpc) is 2.89. The van der Waals surface area contributed by atoms with Crippen LogP contribution < -0.4 is 5.73 Å². The summed E-state index contributed by atoms with van der Waals surface area (Å²) in [5, 5.41) is 17.7. The first-order valence-corrected chi connectivity index (χ1v) is 6.16. The van der Waals surface area contributed by atoms with E-state index in [1.165, 1.54) is 0 Å². The second-order valence-corrected chi connectivity index (χ2v) is 4.49. The Balaban J connectivity index is 2.22. The number of rotatable bonds is 5. The maximum absolute atomic E-state index is 11.9. The van der Waals surface area contributed by atoms with Gasteiger partial charge in [0, 0.05) is 35.6 Å². The van der Waals surface area contributed by atoms with Gasteiger partial charge in [0.25, 0.3) is 0 Å². The van der Waals surface area contributed by atoms with Crippen molar-refractivity contribution in [2.24, 2.45) is 0 Å². The van der Waals surface area contributed by atoms with Crippen molar-refractivity contribution in [3.8, 4) is 0 Å². The van der Waals surface area contributed by atoms with Gasteiger partial charge in [0.15, 0.2) is 5.78 Å². The third-order valence-corrected chi connectivity index (χ3v) is 2.95. The predicted octanol–water partition coefficient (Wildman–Crippen LogP) is 1.90. The summed E-state index contributed by atoms with van der Waals surface area (Å²) in [7, 11) is 0. The largest absolute Gasteiger partial charge is 0.502 e. The van der Waals surface area contributed by atoms with Gasteiger partial charge in [-0.05, 0) is 23.8 Å². The first kappa shape index (κ1) is 14.4. The number of ketones is 1. The molecule has 0 aliphatic heterocycles. The SMILES string of the molecule is Nc1ccc(Cc2[nH]ccc2C(=O)C=C(O)C(=O)O)cc1. The molecule has 0 aliphatic rings. The molecule has 0 radical (unpaired) electrons. The molecule has 0 saturated carbocycles. The number of aliphatic carboxylic acids is 1. The molecule has 108 valence electrons. The molecule has 0 unspecified atom stereocenters. The summed E-state index contributed by atoms with van der Waals surface area (Å²) >= 11 is 0. The second kappa shape index (κ2) is 5.96. The van der Waals surface area contributed by atoms with Crippen molar-refractivity contribution < 1.29 is 19.8 Å². The minimum atomic E-state index is -1.54. The second-order valence-electron chi connectivity index (χ2n) is 4.49. The van der Waals surface area contributed by atoms with E-state index >= 15 is 0 Å². The highest BCUT2D eigenvalue weighted by molar-refractivity contribution is 6.08. The van der Waals surface area contributed by atoms with Gasteiger partial charge in [-0.15, -0.1) is 0 Å². The van der Waals surface area contributed by atoms with Crippen LogP contribution in [0.25, 0.3) is 0 Å². The number of nitrogens with two attached hydrogens (primary N) is 1. The fraction of sp³-hybridized carbons (Fsp3) is 0.0667. The van der Waals surface area contributed by atoms with E-state index in [0.29, 0.717) is 29.4 Å². The Morgan fingerprint density at radius 1 is 1.14 bits per heavy atom. The third kappa shape index (κ3) is 3.50. The van der Waals surface area contributed by atoms with Crippen molar-refractivity contribution in [2.45, 2.75) is 6.42 Å². The molecule has 1 aromatic carbocycles. The van der Waals surface area contributed by atoms with Crippen LogP contribution in [-0.2, 0) is 11.2 Å². The summed E-state index contributed by atoms with van der Waals surface area (Å²) in [6, 6.07) is 8.75. The fourth-order valence-corrected chi connectivity index (χ4v) is 1.88. The minimum absolute atomic E-state index is 0.319. The maximum atomic E-state index is 11.9. The lowest BCUT2D eigenvalue weighted by molar-refractivity contribution is -0.135. The Hall–Kier alpha value is -3.02. The van der Waals surface area contributed by atoms with Crippen LogP contribution in [0.5, 0.6) is 0 Å². The molecular formula is C15H14N2O4. The molecular weight excluding hydrogens is 272 g/mol. The monoisotopic (exact) mass is 286 g/mol. The van der Waals surface area contributed by atoms with Gasteiger partial charge in [-0.3, -0.25) is 4.79 Å². The zero-order valence-corrected chi connectivity index (χ0v) is 11.0. The number of anilines is 1. The van der Waals surface area contributed by atoms with E-state index in [0.717, 1.165) is 5.56 Å². The number of aromatic nitrogens is 1. The molecule has 0 saturated heterocycles. The molecule has 6 nitrogen and oxygen atoms in total. The molecule has 6 heteroatoms. The van der Waals surface area contributed by atoms with Crippen LogP contribution in [0.3, 0.4) is 0 Å². The van der Waals surface area contributed by atoms with Crippen LogP contribution in [0.1, 0.15) is 21.6 Å². The number of nitrogen functional groups attached to an aromatic ring is 1. The van der Waals surface area contributed by atoms with Gasteiger partial charge >= 0.3 is 5.97 Å². The number of benzene rings is 1. The van der Waals surface area contributed by atoms with Crippen LogP contribution in [0.4, 0.5) is 5.69 Å². The van der Waals surface area contributed by atoms with E-state index in [2.05, 4.69) is 4.98 Å². The molecule has 5 N–H and O–H groups in total. The number of carboxylic acid groups (broad SMARTS) is 1. The first-order valence-electron chi connectivity index (χ1n) is 6.16. The number of nitrogens with one attached hydrogen (secondary N) is 1. The normalized spacial score (nSPS) is 11.3. The molecule has 0 aliphatic carbocycles. The van der Waals surface area contributed by atoms with E-state index in [1.807, 2.05) is 12.1 Å². The topological polar surface area (TPSA) is 116 Å². The van der Waals surface area contributed by atoms with E-state index in [4.69, 9.17) is 15.9 Å². The molecule has 1 aromatic heterocycles. The number of hydrogen-bond donors (Lipinski definition) is 4. The number of aliphatic hydroxyl groups is 1. The van der Waals surface area contributed by atoms with Gasteiger partial charge in [0.05, 0.1) is 0 Å². The van der Waals surface area contributed by atoms with E-state index in [-0.39, 0.29) is 0 Å². The highest BCUT2D eigenvalue weighted by Crippen LogP contribution is 2.15. The van der Waals surface area contributed by atoms with Gasteiger partial charge in [0.1, 0.15) is 0 Å². The zero-order chi connectivity index (χ0) is 15.4. The van der Waals surface area contributed by atoms with Crippen LogP contribution in [0, 0.1) is 0 Å². The average molecular weight is 286 g/mol. The van der Waals surface area contributed by atoms with E-state index in [1.54, 1.807) is 24.4 Å². The van der Waals surface area contributed by atoms with Gasteiger partial charge in [-0.2, -0.15) is 0 Å². The molecule has 0 bridgehead atoms. The summed E-state index contributed by atoms with van der Waals surface area (Å²) in [5.74, 6) is -3.10. The number of carbonyl (C=O) groups is 2. The van der Waals surface area contributed by atoms with Crippen molar-refractivity contribution in [1.29, 1.82) is 0 Å². The van der Waals surface area contributed by atoms with E-state index < -0.39 is 17.5 Å². The Labute approximate surface area is 120 Å². The highest BCUT2D eigenvalue weighted by Gasteiger charge is 2.14. The van der Waals surface area contributed by atoms with Gasteiger partial charge < -0.3 is 20.9 Å². The Morgan fingerprint density at radius 3 is 2.43 bits per heavy atom. The number of carboxylic acids is 1. The standard InChI is InChI=1S/C15H14N2O4/c16-10-3-1-9(2-4-10)7-12-11(5-6-17-12)13(18)8-14(19)15(20)21/h1-6,8,17,19H,7,16H2,(H,20,21). The summed E-state index contributed by atoms with van der Waals surface area (Å²) in [6.07, 6.45) is 2.75. The van der Waals surface area contributed by atoms with Crippen LogP contribution in [0.15, 0.2) is 48.4 Å². The summed E-state index contributed by atoms with van der Waals surface area (Å²) in [5.41, 5.74) is 8.17. The van der Waals surface area contributed by atoms with E-state index in [9.17, 15) is 9.59 Å². The maximum Gasteiger partial charge on any atom is 0.371 e. The molecule has 0 amide bonds. The van der Waals surface area contributed by atoms with Crippen LogP contribution in [-0.4, -0.2) is 26.9 Å². The predicted molar refractivity (Wildman–Crippen MR) is 77.1 cm³/mol. The first-order chi connectivity index (χ1) is 9.97. The highest BCUT2D eigenvalue weighted by atomic mass is 16.4. The van der Waals surface area contributed by atoms with Crippen molar-refractivity contribution in [1.82, 2.24) is 4.98 Å². The molecule has 0 fully saturated rings. The number of aromatic amines is 1. The van der Waals surface area contributed by atoms with Crippen LogP contribution >= 0.6 is 0 Å². The number of aliphatic hydroxyl groups excluding tert-OH is 1. The van der Waals surface area contributed by atoms with Crippen molar-refractivity contribution in [3.05, 3.63) is 65.2 Å². The van der Waals surface area contributed by atoms with Crippen molar-refractivity contribution in [2.75, 3.05) is 5.73 Å². The Morgan fingerprint density at radius 2 is 1.81 bits per heavy atom. The van der Waals surface area contributed by atoms with Gasteiger partial charge in [-0.1, -0.05) is 12.1 Å². The van der Waals surface area contributed by atoms with Gasteiger partial charge in [-0.25, -0.2) is 4.79 Å². The molecule has 0 spiro atoms. The fourth-order valence-electron chi connectivity index (χ4n) is 1.88. The third-order valence-electron chi connectivity index (χ3n) is 2.95. The molecule has 0 atom stereocenters. The summed E-state index contributed by atoms with van der Waals surface area (Å²) in [4.78, 5) is 25.4. The zero-order valence-electron chi connectivity index (χ0n) is 11.0. The molecule has 2 aromatic rings. The summed E-state index contributed by atoms with van der Waals surface area (Å²) < 4.78 is 0. The lowest BCUT2D eigenvalue weighted by atomic mass is 10.0. The Kier molecular flexibility index (Phi) is 4.08. The number of hydrogen-bond acceptors (Lipinski definition) is 4. The molecule has 2 rings (SSSR count). The number of carbonyl (C=O) groups excluding carboxylic acids is 1. The van der Waals surface area contributed by atoms with Crippen LogP contribution in [0.2, 0.25) is 0 Å².